The van der Waals surface area contributed by atoms with Gasteiger partial charge in [0.2, 0.25) is 0 Å². The van der Waals surface area contributed by atoms with Crippen LogP contribution in [0.25, 0.3) is 0 Å². The SMILES string of the molecule is CC[C@@H](NC(=O)[C@@H](C)Oc1ccc(F)cc1)c1ccc(C)c(C)c1. The third kappa shape index (κ3) is 4.57. The van der Waals surface area contributed by atoms with Crippen molar-refractivity contribution in [1.29, 1.82) is 0 Å². The molecule has 2 atom stereocenters. The van der Waals surface area contributed by atoms with Gasteiger partial charge in [0, 0.05) is 0 Å². The number of amides is 1. The van der Waals surface area contributed by atoms with Gasteiger partial charge in [-0.2, -0.15) is 0 Å². The molecule has 0 radical (unpaired) electrons. The Morgan fingerprint density at radius 3 is 2.38 bits per heavy atom. The molecule has 1 amide bonds. The lowest BCUT2D eigenvalue weighted by molar-refractivity contribution is -0.128. The molecule has 0 saturated heterocycles. The molecule has 1 N–H and O–H groups in total. The van der Waals surface area contributed by atoms with Gasteiger partial charge in [-0.1, -0.05) is 25.1 Å². The summed E-state index contributed by atoms with van der Waals surface area (Å²) >= 11 is 0. The average molecular weight is 329 g/mol. The molecule has 128 valence electrons. The summed E-state index contributed by atoms with van der Waals surface area (Å²) in [5.41, 5.74) is 3.52. The fourth-order valence-electron chi connectivity index (χ4n) is 2.46. The zero-order valence-electron chi connectivity index (χ0n) is 14.6. The van der Waals surface area contributed by atoms with Crippen LogP contribution in [-0.4, -0.2) is 12.0 Å². The molecule has 0 aliphatic heterocycles. The fraction of sp³-hybridized carbons (Fsp3) is 0.350. The van der Waals surface area contributed by atoms with Gasteiger partial charge in [0.05, 0.1) is 6.04 Å². The first-order chi connectivity index (χ1) is 11.4. The largest absolute Gasteiger partial charge is 0.481 e. The van der Waals surface area contributed by atoms with Crippen LogP contribution in [0.3, 0.4) is 0 Å². The third-order valence-corrected chi connectivity index (χ3v) is 4.15. The Hall–Kier alpha value is -2.36. The maximum absolute atomic E-state index is 12.9. The van der Waals surface area contributed by atoms with Crippen molar-refractivity contribution in [3.63, 3.8) is 0 Å². The van der Waals surface area contributed by atoms with Gasteiger partial charge in [0.25, 0.3) is 5.91 Å². The van der Waals surface area contributed by atoms with Crippen LogP contribution < -0.4 is 10.1 Å². The molecule has 0 bridgehead atoms. The summed E-state index contributed by atoms with van der Waals surface area (Å²) in [5.74, 6) is -0.0528. The monoisotopic (exact) mass is 329 g/mol. The first kappa shape index (κ1) is 18.0. The van der Waals surface area contributed by atoms with Gasteiger partial charge in [0.1, 0.15) is 11.6 Å². The molecule has 0 aliphatic rings. The molecule has 0 heterocycles. The highest BCUT2D eigenvalue weighted by molar-refractivity contribution is 5.81. The molecular formula is C20H24FNO2. The van der Waals surface area contributed by atoms with Crippen molar-refractivity contribution >= 4 is 5.91 Å². The molecule has 0 aromatic heterocycles. The minimum absolute atomic E-state index is 0.0592. The van der Waals surface area contributed by atoms with E-state index in [-0.39, 0.29) is 17.8 Å². The van der Waals surface area contributed by atoms with Gasteiger partial charge in [0.15, 0.2) is 6.10 Å². The summed E-state index contributed by atoms with van der Waals surface area (Å²) in [4.78, 5) is 12.4. The minimum atomic E-state index is -0.656. The third-order valence-electron chi connectivity index (χ3n) is 4.15. The lowest BCUT2D eigenvalue weighted by Gasteiger charge is -2.21. The van der Waals surface area contributed by atoms with Crippen molar-refractivity contribution in [2.45, 2.75) is 46.3 Å². The number of hydrogen-bond acceptors (Lipinski definition) is 2. The molecule has 0 aliphatic carbocycles. The van der Waals surface area contributed by atoms with Crippen molar-refractivity contribution < 1.29 is 13.9 Å². The topological polar surface area (TPSA) is 38.3 Å². The van der Waals surface area contributed by atoms with Crippen LogP contribution in [0.5, 0.6) is 5.75 Å². The number of rotatable bonds is 6. The van der Waals surface area contributed by atoms with E-state index in [2.05, 4.69) is 31.3 Å². The second-order valence-corrected chi connectivity index (χ2v) is 6.03. The summed E-state index contributed by atoms with van der Waals surface area (Å²) in [6.45, 7) is 7.85. The van der Waals surface area contributed by atoms with Gasteiger partial charge in [-0.25, -0.2) is 4.39 Å². The van der Waals surface area contributed by atoms with Crippen LogP contribution in [0.2, 0.25) is 0 Å². The zero-order valence-corrected chi connectivity index (χ0v) is 14.6. The van der Waals surface area contributed by atoms with E-state index >= 15 is 0 Å². The number of aryl methyl sites for hydroxylation is 2. The summed E-state index contributed by atoms with van der Waals surface area (Å²) in [5, 5.41) is 3.02. The number of halogens is 1. The predicted molar refractivity (Wildman–Crippen MR) is 93.6 cm³/mol. The van der Waals surface area contributed by atoms with Crippen LogP contribution >= 0.6 is 0 Å². The second-order valence-electron chi connectivity index (χ2n) is 6.03. The Kier molecular flexibility index (Phi) is 5.96. The lowest BCUT2D eigenvalue weighted by Crippen LogP contribution is -2.38. The van der Waals surface area contributed by atoms with Gasteiger partial charge in [-0.3, -0.25) is 4.79 Å². The smallest absolute Gasteiger partial charge is 0.261 e. The molecule has 4 heteroatoms. The Balaban J connectivity index is 2.02. The number of carbonyl (C=O) groups excluding carboxylic acids is 1. The van der Waals surface area contributed by atoms with E-state index in [9.17, 15) is 9.18 Å². The fourth-order valence-corrected chi connectivity index (χ4v) is 2.46. The maximum atomic E-state index is 12.9. The molecule has 0 spiro atoms. The molecule has 2 aromatic rings. The maximum Gasteiger partial charge on any atom is 0.261 e. The summed E-state index contributed by atoms with van der Waals surface area (Å²) in [7, 11) is 0. The molecule has 24 heavy (non-hydrogen) atoms. The van der Waals surface area contributed by atoms with E-state index in [1.807, 2.05) is 13.0 Å². The number of benzene rings is 2. The van der Waals surface area contributed by atoms with Gasteiger partial charge in [-0.05, 0) is 68.1 Å². The highest BCUT2D eigenvalue weighted by Crippen LogP contribution is 2.20. The first-order valence-corrected chi connectivity index (χ1v) is 8.20. The van der Waals surface area contributed by atoms with Crippen molar-refractivity contribution in [2.75, 3.05) is 0 Å². The Bertz CT molecular complexity index is 697. The normalized spacial score (nSPS) is 13.2. The van der Waals surface area contributed by atoms with Gasteiger partial charge in [-0.15, -0.1) is 0 Å². The number of nitrogens with one attached hydrogen (secondary N) is 1. The summed E-state index contributed by atoms with van der Waals surface area (Å²) in [6.07, 6.45) is 0.133. The van der Waals surface area contributed by atoms with Crippen molar-refractivity contribution in [3.05, 3.63) is 65.0 Å². The van der Waals surface area contributed by atoms with E-state index < -0.39 is 6.10 Å². The van der Waals surface area contributed by atoms with Crippen LogP contribution in [0, 0.1) is 19.7 Å². The van der Waals surface area contributed by atoms with E-state index in [1.165, 1.54) is 35.4 Å². The standard InChI is InChI=1S/C20H24FNO2/c1-5-19(16-7-6-13(2)14(3)12-16)22-20(23)15(4)24-18-10-8-17(21)9-11-18/h6-12,15,19H,5H2,1-4H3,(H,22,23)/t15-,19-/m1/s1. The Morgan fingerprint density at radius 2 is 1.79 bits per heavy atom. The lowest BCUT2D eigenvalue weighted by atomic mass is 9.99. The van der Waals surface area contributed by atoms with E-state index in [1.54, 1.807) is 6.92 Å². The predicted octanol–water partition coefficient (Wildman–Crippen LogP) is 4.48. The van der Waals surface area contributed by atoms with Crippen LogP contribution in [0.1, 0.15) is 43.0 Å². The van der Waals surface area contributed by atoms with Crippen LogP contribution in [0.4, 0.5) is 4.39 Å². The number of ether oxygens (including phenoxy) is 1. The van der Waals surface area contributed by atoms with Crippen molar-refractivity contribution in [3.8, 4) is 5.75 Å². The van der Waals surface area contributed by atoms with E-state index in [0.29, 0.717) is 5.75 Å². The van der Waals surface area contributed by atoms with Gasteiger partial charge >= 0.3 is 0 Å². The highest BCUT2D eigenvalue weighted by atomic mass is 19.1. The molecule has 0 fully saturated rings. The summed E-state index contributed by atoms with van der Waals surface area (Å²) in [6, 6.07) is 11.8. The summed E-state index contributed by atoms with van der Waals surface area (Å²) < 4.78 is 18.5. The second kappa shape index (κ2) is 7.95. The molecule has 2 rings (SSSR count). The Morgan fingerprint density at radius 1 is 1.12 bits per heavy atom. The quantitative estimate of drug-likeness (QED) is 0.849. The van der Waals surface area contributed by atoms with Crippen LogP contribution in [0.15, 0.2) is 42.5 Å². The number of carbonyl (C=O) groups is 1. The van der Waals surface area contributed by atoms with E-state index in [0.717, 1.165) is 12.0 Å². The molecular weight excluding hydrogens is 305 g/mol. The Labute approximate surface area is 142 Å². The first-order valence-electron chi connectivity index (χ1n) is 8.20. The van der Waals surface area contributed by atoms with Crippen molar-refractivity contribution in [2.24, 2.45) is 0 Å². The van der Waals surface area contributed by atoms with E-state index in [4.69, 9.17) is 4.74 Å². The molecule has 0 unspecified atom stereocenters. The molecule has 3 nitrogen and oxygen atoms in total. The molecule has 0 saturated carbocycles. The highest BCUT2D eigenvalue weighted by Gasteiger charge is 2.19. The zero-order chi connectivity index (χ0) is 17.7. The number of hydrogen-bond donors (Lipinski definition) is 1. The molecule has 2 aromatic carbocycles. The van der Waals surface area contributed by atoms with Crippen LogP contribution in [-0.2, 0) is 4.79 Å². The van der Waals surface area contributed by atoms with Gasteiger partial charge < -0.3 is 10.1 Å². The average Bonchev–Trinajstić information content (AvgIpc) is 2.57. The minimum Gasteiger partial charge on any atom is -0.481 e. The van der Waals surface area contributed by atoms with Crippen molar-refractivity contribution in [1.82, 2.24) is 5.32 Å².